The number of anilines is 2. The Bertz CT molecular complexity index is 744. The van der Waals surface area contributed by atoms with Crippen molar-refractivity contribution >= 4 is 46.1 Å². The molecule has 5 nitrogen and oxygen atoms in total. The molecule has 0 bridgehead atoms. The normalized spacial score (nSPS) is 14.5. The second-order valence-corrected chi connectivity index (χ2v) is 6.30. The minimum Gasteiger partial charge on any atom is -0.320 e. The average Bonchev–Trinajstić information content (AvgIpc) is 3.10. The van der Waals surface area contributed by atoms with Crippen LogP contribution >= 0.6 is 22.9 Å². The molecule has 1 aromatic carbocycles. The topological polar surface area (TPSA) is 62.3 Å². The zero-order valence-electron chi connectivity index (χ0n) is 11.9. The number of rotatable bonds is 3. The van der Waals surface area contributed by atoms with E-state index in [1.54, 1.807) is 35.5 Å². The fourth-order valence-corrected chi connectivity index (χ4v) is 3.26. The highest BCUT2D eigenvalue weighted by molar-refractivity contribution is 7.12. The molecule has 2 heterocycles. The lowest BCUT2D eigenvalue weighted by Crippen LogP contribution is -2.23. The molecule has 1 N–H and O–H groups in total. The number of nitrogens with one attached hydrogen (secondary N) is 1. The number of carbonyl (C=O) groups excluding carboxylic acids is 2. The summed E-state index contributed by atoms with van der Waals surface area (Å²) in [5.41, 5.74) is 3.56. The lowest BCUT2D eigenvalue weighted by atomic mass is 10.2. The molecule has 0 atom stereocenters. The minimum absolute atomic E-state index is 0.0953. The van der Waals surface area contributed by atoms with E-state index < -0.39 is 0 Å². The number of hydrogen-bond donors (Lipinski definition) is 1. The van der Waals surface area contributed by atoms with Gasteiger partial charge in [-0.15, -0.1) is 11.3 Å². The van der Waals surface area contributed by atoms with Crippen LogP contribution in [0.4, 0.5) is 11.4 Å². The van der Waals surface area contributed by atoms with Gasteiger partial charge >= 0.3 is 0 Å². The summed E-state index contributed by atoms with van der Waals surface area (Å²) in [6, 6.07) is 5.22. The molecule has 7 heteroatoms. The number of thiazole rings is 1. The van der Waals surface area contributed by atoms with Crippen molar-refractivity contribution < 1.29 is 9.59 Å². The van der Waals surface area contributed by atoms with Gasteiger partial charge < -0.3 is 10.2 Å². The molecule has 1 aromatic heterocycles. The van der Waals surface area contributed by atoms with E-state index in [1.807, 2.05) is 0 Å². The van der Waals surface area contributed by atoms with Gasteiger partial charge in [0.2, 0.25) is 5.91 Å². The molecule has 0 aliphatic carbocycles. The zero-order chi connectivity index (χ0) is 15.7. The SMILES string of the molecule is Cc1ncsc1C(=O)Nc1cc(N2CCCC2=O)ccc1Cl. The molecule has 2 amide bonds. The number of carbonyl (C=O) groups is 2. The second kappa shape index (κ2) is 6.06. The smallest absolute Gasteiger partial charge is 0.267 e. The molecule has 0 saturated carbocycles. The molecule has 3 rings (SSSR count). The predicted octanol–water partition coefficient (Wildman–Crippen LogP) is 3.48. The van der Waals surface area contributed by atoms with E-state index in [1.165, 1.54) is 11.3 Å². The van der Waals surface area contributed by atoms with Gasteiger partial charge in [0.05, 0.1) is 21.9 Å². The highest BCUT2D eigenvalue weighted by Gasteiger charge is 2.22. The maximum atomic E-state index is 12.3. The number of benzene rings is 1. The van der Waals surface area contributed by atoms with Crippen LogP contribution in [0.1, 0.15) is 28.2 Å². The Balaban J connectivity index is 1.86. The van der Waals surface area contributed by atoms with E-state index in [0.29, 0.717) is 34.2 Å². The Morgan fingerprint density at radius 2 is 2.27 bits per heavy atom. The summed E-state index contributed by atoms with van der Waals surface area (Å²) in [5.74, 6) is -0.148. The van der Waals surface area contributed by atoms with Gasteiger partial charge in [0.25, 0.3) is 5.91 Å². The fraction of sp³-hybridized carbons (Fsp3) is 0.267. The molecule has 1 fully saturated rings. The third-order valence-corrected chi connectivity index (χ3v) is 4.79. The highest BCUT2D eigenvalue weighted by Crippen LogP contribution is 2.30. The van der Waals surface area contributed by atoms with E-state index in [9.17, 15) is 9.59 Å². The van der Waals surface area contributed by atoms with Crippen LogP contribution < -0.4 is 10.2 Å². The molecular formula is C15H14ClN3O2S. The van der Waals surface area contributed by atoms with E-state index >= 15 is 0 Å². The number of hydrogen-bond acceptors (Lipinski definition) is 4. The third kappa shape index (κ3) is 2.84. The van der Waals surface area contributed by atoms with Gasteiger partial charge in [0.15, 0.2) is 0 Å². The lowest BCUT2D eigenvalue weighted by Gasteiger charge is -2.17. The molecule has 0 spiro atoms. The largest absolute Gasteiger partial charge is 0.320 e. The summed E-state index contributed by atoms with van der Waals surface area (Å²) in [7, 11) is 0. The number of aromatic nitrogens is 1. The second-order valence-electron chi connectivity index (χ2n) is 5.03. The van der Waals surface area contributed by atoms with Gasteiger partial charge in [-0.25, -0.2) is 4.98 Å². The van der Waals surface area contributed by atoms with Crippen molar-refractivity contribution in [3.8, 4) is 0 Å². The number of amides is 2. The molecule has 0 unspecified atom stereocenters. The van der Waals surface area contributed by atoms with Crippen LogP contribution in [0.2, 0.25) is 5.02 Å². The van der Waals surface area contributed by atoms with Crippen molar-refractivity contribution in [2.75, 3.05) is 16.8 Å². The number of aryl methyl sites for hydroxylation is 1. The van der Waals surface area contributed by atoms with Crippen LogP contribution in [-0.2, 0) is 4.79 Å². The summed E-state index contributed by atoms with van der Waals surface area (Å²) in [6.45, 7) is 2.48. The fourth-order valence-electron chi connectivity index (χ4n) is 2.40. The summed E-state index contributed by atoms with van der Waals surface area (Å²) >= 11 is 7.44. The van der Waals surface area contributed by atoms with E-state index in [4.69, 9.17) is 11.6 Å². The van der Waals surface area contributed by atoms with Gasteiger partial charge in [-0.05, 0) is 31.5 Å². The Morgan fingerprint density at radius 1 is 1.45 bits per heavy atom. The summed E-state index contributed by atoms with van der Waals surface area (Å²) in [6.07, 6.45) is 1.41. The van der Waals surface area contributed by atoms with Crippen molar-refractivity contribution in [1.29, 1.82) is 0 Å². The Morgan fingerprint density at radius 3 is 2.91 bits per heavy atom. The predicted molar refractivity (Wildman–Crippen MR) is 87.8 cm³/mol. The van der Waals surface area contributed by atoms with Gasteiger partial charge in [-0.1, -0.05) is 11.6 Å². The van der Waals surface area contributed by atoms with Crippen LogP contribution in [0.15, 0.2) is 23.7 Å². The molecule has 0 radical (unpaired) electrons. The Hall–Kier alpha value is -1.92. The number of nitrogens with zero attached hydrogens (tertiary/aromatic N) is 2. The van der Waals surface area contributed by atoms with Gasteiger partial charge in [-0.2, -0.15) is 0 Å². The Kier molecular flexibility index (Phi) is 4.13. The lowest BCUT2D eigenvalue weighted by molar-refractivity contribution is -0.117. The zero-order valence-corrected chi connectivity index (χ0v) is 13.5. The third-order valence-electron chi connectivity index (χ3n) is 3.53. The van der Waals surface area contributed by atoms with Gasteiger partial charge in [0.1, 0.15) is 4.88 Å². The van der Waals surface area contributed by atoms with E-state index in [-0.39, 0.29) is 11.8 Å². The first-order valence-electron chi connectivity index (χ1n) is 6.87. The van der Waals surface area contributed by atoms with Crippen LogP contribution in [-0.4, -0.2) is 23.3 Å². The van der Waals surface area contributed by atoms with Crippen molar-refractivity contribution in [3.05, 3.63) is 39.3 Å². The van der Waals surface area contributed by atoms with Crippen LogP contribution in [0.3, 0.4) is 0 Å². The molecule has 2 aromatic rings. The standard InChI is InChI=1S/C15H14ClN3O2S/c1-9-14(22-8-17-9)15(21)18-12-7-10(4-5-11(12)16)19-6-2-3-13(19)20/h4-5,7-8H,2-3,6H2,1H3,(H,18,21). The first-order valence-corrected chi connectivity index (χ1v) is 8.13. The highest BCUT2D eigenvalue weighted by atomic mass is 35.5. The summed E-state index contributed by atoms with van der Waals surface area (Å²) < 4.78 is 0. The van der Waals surface area contributed by atoms with Crippen molar-refractivity contribution in [2.24, 2.45) is 0 Å². The molecular weight excluding hydrogens is 322 g/mol. The van der Waals surface area contributed by atoms with Crippen LogP contribution in [0.5, 0.6) is 0 Å². The maximum Gasteiger partial charge on any atom is 0.267 e. The van der Waals surface area contributed by atoms with Crippen LogP contribution in [0.25, 0.3) is 0 Å². The van der Waals surface area contributed by atoms with Crippen molar-refractivity contribution in [2.45, 2.75) is 19.8 Å². The van der Waals surface area contributed by atoms with Crippen LogP contribution in [0, 0.1) is 6.92 Å². The molecule has 1 aliphatic rings. The van der Waals surface area contributed by atoms with Crippen molar-refractivity contribution in [1.82, 2.24) is 4.98 Å². The summed E-state index contributed by atoms with van der Waals surface area (Å²) in [5, 5.41) is 3.23. The molecule has 22 heavy (non-hydrogen) atoms. The first kappa shape index (κ1) is 15.0. The molecule has 114 valence electrons. The molecule has 1 aliphatic heterocycles. The monoisotopic (exact) mass is 335 g/mol. The van der Waals surface area contributed by atoms with E-state index in [0.717, 1.165) is 12.1 Å². The first-order chi connectivity index (χ1) is 10.6. The average molecular weight is 336 g/mol. The van der Waals surface area contributed by atoms with Gasteiger partial charge in [-0.3, -0.25) is 9.59 Å². The Labute approximate surface area is 136 Å². The van der Waals surface area contributed by atoms with E-state index in [2.05, 4.69) is 10.3 Å². The quantitative estimate of drug-likeness (QED) is 0.934. The minimum atomic E-state index is -0.244. The van der Waals surface area contributed by atoms with Crippen molar-refractivity contribution in [3.63, 3.8) is 0 Å². The summed E-state index contributed by atoms with van der Waals surface area (Å²) in [4.78, 5) is 30.4. The maximum absolute atomic E-state index is 12.3. The number of halogens is 1. The van der Waals surface area contributed by atoms with Gasteiger partial charge in [0, 0.05) is 18.7 Å². The molecule has 1 saturated heterocycles.